The van der Waals surface area contributed by atoms with Crippen molar-refractivity contribution in [3.63, 3.8) is 0 Å². The van der Waals surface area contributed by atoms with Gasteiger partial charge in [-0.15, -0.1) is 0 Å². The molecule has 1 N–H and O–H groups in total. The maximum atomic E-state index is 12.5. The summed E-state index contributed by atoms with van der Waals surface area (Å²) in [7, 11) is 0. The van der Waals surface area contributed by atoms with Crippen molar-refractivity contribution in [2.45, 2.75) is 12.2 Å². The fourth-order valence-corrected chi connectivity index (χ4v) is 1.78. The molecule has 0 aliphatic carbocycles. The van der Waals surface area contributed by atoms with Gasteiger partial charge in [-0.25, -0.2) is 4.79 Å². The molecule has 1 atom stereocenters. The van der Waals surface area contributed by atoms with Crippen molar-refractivity contribution in [2.75, 3.05) is 6.61 Å². The number of ether oxygens (including phenoxy) is 1. The molecular formula is C10H7ClF3NO2. The Hall–Kier alpha value is -1.43. The minimum Gasteiger partial charge on any atom is -0.447 e. The van der Waals surface area contributed by atoms with Gasteiger partial charge in [0, 0.05) is 5.02 Å². The lowest BCUT2D eigenvalue weighted by Gasteiger charge is -2.12. The average Bonchev–Trinajstić information content (AvgIpc) is 2.62. The Morgan fingerprint density at radius 3 is 2.59 bits per heavy atom. The molecule has 1 aliphatic rings. The highest BCUT2D eigenvalue weighted by Crippen LogP contribution is 2.33. The molecule has 0 spiro atoms. The Morgan fingerprint density at radius 2 is 2.06 bits per heavy atom. The fourth-order valence-electron chi connectivity index (χ4n) is 1.54. The van der Waals surface area contributed by atoms with E-state index in [2.05, 4.69) is 10.1 Å². The molecule has 3 nitrogen and oxygen atoms in total. The second-order valence-corrected chi connectivity index (χ2v) is 4.00. The average molecular weight is 266 g/mol. The topological polar surface area (TPSA) is 38.3 Å². The lowest BCUT2D eigenvalue weighted by molar-refractivity contribution is -0.137. The number of cyclic esters (lactones) is 1. The zero-order valence-corrected chi connectivity index (χ0v) is 9.10. The van der Waals surface area contributed by atoms with Crippen molar-refractivity contribution < 1.29 is 22.7 Å². The summed E-state index contributed by atoms with van der Waals surface area (Å²) in [5.74, 6) is 0. The van der Waals surface area contributed by atoms with Gasteiger partial charge in [-0.2, -0.15) is 13.2 Å². The molecule has 0 bridgehead atoms. The normalized spacial score (nSPS) is 20.0. The van der Waals surface area contributed by atoms with Crippen LogP contribution >= 0.6 is 11.6 Å². The van der Waals surface area contributed by atoms with Crippen molar-refractivity contribution in [1.29, 1.82) is 0 Å². The van der Waals surface area contributed by atoms with Crippen molar-refractivity contribution in [2.24, 2.45) is 0 Å². The van der Waals surface area contributed by atoms with Crippen molar-refractivity contribution in [3.8, 4) is 0 Å². The minimum absolute atomic E-state index is 0.00350. The quantitative estimate of drug-likeness (QED) is 0.847. The number of benzene rings is 1. The summed E-state index contributed by atoms with van der Waals surface area (Å²) in [4.78, 5) is 10.8. The third-order valence-electron chi connectivity index (χ3n) is 2.32. The summed E-state index contributed by atoms with van der Waals surface area (Å²) in [6.07, 6.45) is -5.12. The van der Waals surface area contributed by atoms with Crippen LogP contribution in [-0.4, -0.2) is 12.7 Å². The Morgan fingerprint density at radius 1 is 1.35 bits per heavy atom. The minimum atomic E-state index is -4.47. The fraction of sp³-hybridized carbons (Fsp3) is 0.300. The van der Waals surface area contributed by atoms with Crippen LogP contribution in [0, 0.1) is 0 Å². The maximum Gasteiger partial charge on any atom is 0.416 e. The molecule has 1 aromatic rings. The number of hydrogen-bond donors (Lipinski definition) is 1. The number of alkyl halides is 3. The zero-order valence-electron chi connectivity index (χ0n) is 8.34. The summed E-state index contributed by atoms with van der Waals surface area (Å²) in [6, 6.07) is 2.56. The third kappa shape index (κ3) is 2.63. The third-order valence-corrected chi connectivity index (χ3v) is 2.54. The van der Waals surface area contributed by atoms with Crippen LogP contribution in [0.25, 0.3) is 0 Å². The molecular weight excluding hydrogens is 259 g/mol. The molecule has 0 aromatic heterocycles. The SMILES string of the molecule is O=C1N[C@@H](c2cc(Cl)cc(C(F)(F)F)c2)CO1. The molecule has 1 fully saturated rings. The second-order valence-electron chi connectivity index (χ2n) is 3.57. The first-order chi connectivity index (χ1) is 7.86. The van der Waals surface area contributed by atoms with E-state index in [9.17, 15) is 18.0 Å². The van der Waals surface area contributed by atoms with Crippen molar-refractivity contribution in [3.05, 3.63) is 34.3 Å². The highest BCUT2D eigenvalue weighted by molar-refractivity contribution is 6.30. The summed E-state index contributed by atoms with van der Waals surface area (Å²) in [5, 5.41) is 2.36. The Bertz CT molecular complexity index is 461. The number of alkyl carbamates (subject to hydrolysis) is 1. The number of nitrogens with one attached hydrogen (secondary N) is 1. The van der Waals surface area contributed by atoms with Gasteiger partial charge in [-0.05, 0) is 23.8 Å². The molecule has 7 heteroatoms. The lowest BCUT2D eigenvalue weighted by atomic mass is 10.0. The van der Waals surface area contributed by atoms with E-state index in [4.69, 9.17) is 11.6 Å². The van der Waals surface area contributed by atoms with E-state index in [1.807, 2.05) is 0 Å². The molecule has 17 heavy (non-hydrogen) atoms. The molecule has 1 aromatic carbocycles. The lowest BCUT2D eigenvalue weighted by Crippen LogP contribution is -2.19. The van der Waals surface area contributed by atoms with E-state index in [0.29, 0.717) is 0 Å². The van der Waals surface area contributed by atoms with E-state index >= 15 is 0 Å². The van der Waals surface area contributed by atoms with Gasteiger partial charge >= 0.3 is 12.3 Å². The smallest absolute Gasteiger partial charge is 0.416 e. The standard InChI is InChI=1S/C10H7ClF3NO2/c11-7-2-5(8-4-17-9(16)15-8)1-6(3-7)10(12,13)14/h1-3,8H,4H2,(H,15,16)/t8-/m1/s1. The van der Waals surface area contributed by atoms with Gasteiger partial charge in [0.2, 0.25) is 0 Å². The van der Waals surface area contributed by atoms with Crippen LogP contribution in [0.5, 0.6) is 0 Å². The largest absolute Gasteiger partial charge is 0.447 e. The van der Waals surface area contributed by atoms with E-state index in [-0.39, 0.29) is 17.2 Å². The van der Waals surface area contributed by atoms with Crippen LogP contribution < -0.4 is 5.32 Å². The van der Waals surface area contributed by atoms with Crippen LogP contribution in [0.1, 0.15) is 17.2 Å². The highest BCUT2D eigenvalue weighted by Gasteiger charge is 2.33. The number of carbonyl (C=O) groups is 1. The van der Waals surface area contributed by atoms with Crippen LogP contribution in [-0.2, 0) is 10.9 Å². The summed E-state index contributed by atoms with van der Waals surface area (Å²) in [5.41, 5.74) is -0.572. The van der Waals surface area contributed by atoms with Gasteiger partial charge in [0.15, 0.2) is 0 Å². The van der Waals surface area contributed by atoms with Gasteiger partial charge in [-0.1, -0.05) is 11.6 Å². The van der Waals surface area contributed by atoms with E-state index < -0.39 is 23.9 Å². The highest BCUT2D eigenvalue weighted by atomic mass is 35.5. The van der Waals surface area contributed by atoms with Crippen LogP contribution in [0.2, 0.25) is 5.02 Å². The van der Waals surface area contributed by atoms with Gasteiger partial charge < -0.3 is 10.1 Å². The predicted molar refractivity (Wildman–Crippen MR) is 53.7 cm³/mol. The van der Waals surface area contributed by atoms with E-state index in [0.717, 1.165) is 12.1 Å². The van der Waals surface area contributed by atoms with Gasteiger partial charge in [-0.3, -0.25) is 0 Å². The number of amides is 1. The molecule has 1 heterocycles. The number of hydrogen-bond acceptors (Lipinski definition) is 2. The summed E-state index contributed by atoms with van der Waals surface area (Å²) >= 11 is 5.62. The van der Waals surface area contributed by atoms with Crippen LogP contribution in [0.4, 0.5) is 18.0 Å². The number of carbonyl (C=O) groups excluding carboxylic acids is 1. The van der Waals surface area contributed by atoms with Gasteiger partial charge in [0.1, 0.15) is 6.61 Å². The van der Waals surface area contributed by atoms with Crippen LogP contribution in [0.3, 0.4) is 0 Å². The number of rotatable bonds is 1. The Balaban J connectivity index is 2.35. The first kappa shape index (κ1) is 12.0. The Labute approximate surface area is 99.5 Å². The van der Waals surface area contributed by atoms with Gasteiger partial charge in [0.05, 0.1) is 11.6 Å². The molecule has 0 saturated carbocycles. The molecule has 2 rings (SSSR count). The molecule has 0 radical (unpaired) electrons. The first-order valence-corrected chi connectivity index (χ1v) is 5.05. The Kier molecular flexibility index (Phi) is 2.91. The molecule has 92 valence electrons. The van der Waals surface area contributed by atoms with Crippen LogP contribution in [0.15, 0.2) is 18.2 Å². The summed E-state index contributed by atoms with van der Waals surface area (Å²) in [6.45, 7) is -0.00350. The molecule has 1 amide bonds. The summed E-state index contributed by atoms with van der Waals surface area (Å²) < 4.78 is 42.2. The maximum absolute atomic E-state index is 12.5. The van der Waals surface area contributed by atoms with E-state index in [1.54, 1.807) is 0 Å². The predicted octanol–water partition coefficient (Wildman–Crippen LogP) is 3.14. The van der Waals surface area contributed by atoms with Crippen molar-refractivity contribution >= 4 is 17.7 Å². The molecule has 1 aliphatic heterocycles. The second kappa shape index (κ2) is 4.10. The van der Waals surface area contributed by atoms with Gasteiger partial charge in [0.25, 0.3) is 0 Å². The number of halogens is 4. The monoisotopic (exact) mass is 265 g/mol. The van der Waals surface area contributed by atoms with E-state index in [1.165, 1.54) is 6.07 Å². The molecule has 0 unspecified atom stereocenters. The molecule has 1 saturated heterocycles. The first-order valence-electron chi connectivity index (χ1n) is 4.67. The van der Waals surface area contributed by atoms with Crippen molar-refractivity contribution in [1.82, 2.24) is 5.32 Å². The zero-order chi connectivity index (χ0) is 12.6.